The molecule has 0 atom stereocenters. The lowest BCUT2D eigenvalue weighted by Gasteiger charge is -2.09. The van der Waals surface area contributed by atoms with Crippen molar-refractivity contribution in [3.05, 3.63) is 35.1 Å². The molecule has 0 radical (unpaired) electrons. The summed E-state index contributed by atoms with van der Waals surface area (Å²) in [6, 6.07) is 4.07. The summed E-state index contributed by atoms with van der Waals surface area (Å²) in [6.07, 6.45) is -3.12. The largest absolute Gasteiger partial charge is 0.433 e. The average Bonchev–Trinajstić information content (AvgIpc) is 2.40. The quantitative estimate of drug-likeness (QED) is 0.873. The summed E-state index contributed by atoms with van der Waals surface area (Å²) in [5.74, 6) is -0.101. The average molecular weight is 321 g/mol. The van der Waals surface area contributed by atoms with Gasteiger partial charge in [0.2, 0.25) is 5.95 Å². The van der Waals surface area contributed by atoms with E-state index >= 15 is 0 Å². The molecule has 0 aliphatic heterocycles. The molecule has 0 aliphatic rings. The van der Waals surface area contributed by atoms with Crippen LogP contribution in [-0.4, -0.2) is 22.0 Å². The van der Waals surface area contributed by atoms with E-state index in [1.807, 2.05) is 0 Å². The zero-order valence-corrected chi connectivity index (χ0v) is 11.6. The van der Waals surface area contributed by atoms with Crippen LogP contribution in [0.2, 0.25) is 5.02 Å². The lowest BCUT2D eigenvalue weighted by Crippen LogP contribution is -2.11. The fourth-order valence-electron chi connectivity index (χ4n) is 1.26. The predicted molar refractivity (Wildman–Crippen MR) is 70.0 cm³/mol. The topological polar surface area (TPSA) is 50.7 Å². The van der Waals surface area contributed by atoms with Gasteiger partial charge in [-0.2, -0.15) is 13.2 Å². The fourth-order valence-corrected chi connectivity index (χ4v) is 2.13. The summed E-state index contributed by atoms with van der Waals surface area (Å²) in [5.41, 5.74) is -1.01. The predicted octanol–water partition coefficient (Wildman–Crippen LogP) is 3.74. The number of alkyl halides is 3. The van der Waals surface area contributed by atoms with Gasteiger partial charge in [0.15, 0.2) is 5.69 Å². The molecule has 20 heavy (non-hydrogen) atoms. The smallest absolute Gasteiger partial charge is 0.357 e. The first kappa shape index (κ1) is 14.9. The van der Waals surface area contributed by atoms with Crippen LogP contribution < -0.4 is 5.32 Å². The standard InChI is InChI=1S/C11H8ClF3N4S/c1-16-10-18-7(11(13,14)15)4-9(19-10)20-8-3-2-6(12)5-17-8/h2-5H,1H3,(H,16,18,19). The number of halogens is 4. The second kappa shape index (κ2) is 5.84. The van der Waals surface area contributed by atoms with Crippen molar-refractivity contribution in [2.45, 2.75) is 16.2 Å². The first-order chi connectivity index (χ1) is 9.38. The number of hydrogen-bond donors (Lipinski definition) is 1. The Kier molecular flexibility index (Phi) is 4.34. The summed E-state index contributed by atoms with van der Waals surface area (Å²) >= 11 is 6.69. The van der Waals surface area contributed by atoms with Crippen LogP contribution in [0, 0.1) is 0 Å². The maximum absolute atomic E-state index is 12.7. The van der Waals surface area contributed by atoms with Crippen molar-refractivity contribution in [2.75, 3.05) is 12.4 Å². The zero-order valence-electron chi connectivity index (χ0n) is 10.1. The van der Waals surface area contributed by atoms with Crippen molar-refractivity contribution in [3.8, 4) is 0 Å². The van der Waals surface area contributed by atoms with Gasteiger partial charge in [-0.25, -0.2) is 15.0 Å². The second-order valence-electron chi connectivity index (χ2n) is 3.58. The first-order valence-corrected chi connectivity index (χ1v) is 6.51. The zero-order chi connectivity index (χ0) is 14.8. The second-order valence-corrected chi connectivity index (χ2v) is 5.06. The molecule has 2 heterocycles. The lowest BCUT2D eigenvalue weighted by molar-refractivity contribution is -0.141. The number of rotatable bonds is 3. The minimum atomic E-state index is -4.53. The van der Waals surface area contributed by atoms with E-state index in [1.54, 1.807) is 12.1 Å². The van der Waals surface area contributed by atoms with Gasteiger partial charge in [-0.1, -0.05) is 11.6 Å². The van der Waals surface area contributed by atoms with E-state index in [2.05, 4.69) is 20.3 Å². The Labute approximate surface area is 121 Å². The molecular formula is C11H8ClF3N4S. The molecule has 0 saturated carbocycles. The number of aromatic nitrogens is 3. The van der Waals surface area contributed by atoms with E-state index in [0.717, 1.165) is 17.8 Å². The molecule has 0 amide bonds. The maximum atomic E-state index is 12.7. The number of nitrogens with zero attached hydrogens (tertiary/aromatic N) is 3. The highest BCUT2D eigenvalue weighted by atomic mass is 35.5. The van der Waals surface area contributed by atoms with E-state index in [0.29, 0.717) is 10.0 Å². The van der Waals surface area contributed by atoms with Crippen molar-refractivity contribution >= 4 is 29.3 Å². The van der Waals surface area contributed by atoms with Crippen LogP contribution >= 0.6 is 23.4 Å². The van der Waals surface area contributed by atoms with Gasteiger partial charge in [-0.15, -0.1) is 0 Å². The molecule has 0 saturated heterocycles. The van der Waals surface area contributed by atoms with Gasteiger partial charge in [0, 0.05) is 19.3 Å². The molecule has 0 aromatic carbocycles. The van der Waals surface area contributed by atoms with E-state index in [-0.39, 0.29) is 11.0 Å². The summed E-state index contributed by atoms with van der Waals surface area (Å²) in [5, 5.41) is 3.58. The van der Waals surface area contributed by atoms with Crippen molar-refractivity contribution in [1.82, 2.24) is 15.0 Å². The van der Waals surface area contributed by atoms with Crippen LogP contribution in [0.4, 0.5) is 19.1 Å². The molecule has 0 unspecified atom stereocenters. The molecule has 0 aliphatic carbocycles. The van der Waals surface area contributed by atoms with Crippen LogP contribution in [0.25, 0.3) is 0 Å². The van der Waals surface area contributed by atoms with Gasteiger partial charge in [-0.3, -0.25) is 0 Å². The fraction of sp³-hybridized carbons (Fsp3) is 0.182. The summed E-state index contributed by atoms with van der Waals surface area (Å²) in [4.78, 5) is 11.3. The lowest BCUT2D eigenvalue weighted by atomic mass is 10.4. The van der Waals surface area contributed by atoms with Crippen LogP contribution in [0.15, 0.2) is 34.4 Å². The summed E-state index contributed by atoms with van der Waals surface area (Å²) < 4.78 is 38.1. The highest BCUT2D eigenvalue weighted by molar-refractivity contribution is 7.99. The minimum absolute atomic E-state index is 0.101. The molecule has 1 N–H and O–H groups in total. The first-order valence-electron chi connectivity index (χ1n) is 5.32. The summed E-state index contributed by atoms with van der Waals surface area (Å²) in [7, 11) is 1.45. The molecule has 2 rings (SSSR count). The third-order valence-electron chi connectivity index (χ3n) is 2.13. The Hall–Kier alpha value is -1.54. The van der Waals surface area contributed by atoms with Crippen molar-refractivity contribution < 1.29 is 13.2 Å². The third-order valence-corrected chi connectivity index (χ3v) is 3.22. The van der Waals surface area contributed by atoms with Gasteiger partial charge >= 0.3 is 6.18 Å². The minimum Gasteiger partial charge on any atom is -0.357 e. The Bertz CT molecular complexity index is 604. The summed E-state index contributed by atoms with van der Waals surface area (Å²) in [6.45, 7) is 0. The number of nitrogens with one attached hydrogen (secondary N) is 1. The Morgan fingerprint density at radius 1 is 1.20 bits per heavy atom. The Balaban J connectivity index is 2.33. The van der Waals surface area contributed by atoms with Gasteiger partial charge in [0.05, 0.1) is 5.02 Å². The van der Waals surface area contributed by atoms with Crippen LogP contribution in [0.3, 0.4) is 0 Å². The maximum Gasteiger partial charge on any atom is 0.433 e. The van der Waals surface area contributed by atoms with Crippen LogP contribution in [0.5, 0.6) is 0 Å². The molecule has 106 valence electrons. The number of pyridine rings is 1. The molecule has 2 aromatic rings. The van der Waals surface area contributed by atoms with Crippen LogP contribution in [0.1, 0.15) is 5.69 Å². The van der Waals surface area contributed by atoms with E-state index in [4.69, 9.17) is 11.6 Å². The number of anilines is 1. The van der Waals surface area contributed by atoms with Gasteiger partial charge < -0.3 is 5.32 Å². The third kappa shape index (κ3) is 3.73. The SMILES string of the molecule is CNc1nc(Sc2ccc(Cl)cn2)cc(C(F)(F)F)n1. The normalized spacial score (nSPS) is 11.4. The Morgan fingerprint density at radius 3 is 2.50 bits per heavy atom. The highest BCUT2D eigenvalue weighted by Crippen LogP contribution is 2.32. The van der Waals surface area contributed by atoms with E-state index in [1.165, 1.54) is 13.2 Å². The van der Waals surface area contributed by atoms with Crippen molar-refractivity contribution in [3.63, 3.8) is 0 Å². The molecule has 0 bridgehead atoms. The monoisotopic (exact) mass is 320 g/mol. The molecule has 0 spiro atoms. The molecule has 9 heteroatoms. The van der Waals surface area contributed by atoms with Gasteiger partial charge in [-0.05, 0) is 23.9 Å². The van der Waals surface area contributed by atoms with E-state index in [9.17, 15) is 13.2 Å². The van der Waals surface area contributed by atoms with Gasteiger partial charge in [0.25, 0.3) is 0 Å². The molecule has 4 nitrogen and oxygen atoms in total. The number of hydrogen-bond acceptors (Lipinski definition) is 5. The van der Waals surface area contributed by atoms with Crippen molar-refractivity contribution in [1.29, 1.82) is 0 Å². The van der Waals surface area contributed by atoms with E-state index < -0.39 is 11.9 Å². The Morgan fingerprint density at radius 2 is 1.95 bits per heavy atom. The van der Waals surface area contributed by atoms with Gasteiger partial charge in [0.1, 0.15) is 10.1 Å². The highest BCUT2D eigenvalue weighted by Gasteiger charge is 2.33. The molecule has 0 fully saturated rings. The molecular weight excluding hydrogens is 313 g/mol. The molecule has 2 aromatic heterocycles. The van der Waals surface area contributed by atoms with Crippen molar-refractivity contribution in [2.24, 2.45) is 0 Å². The van der Waals surface area contributed by atoms with Crippen LogP contribution in [-0.2, 0) is 6.18 Å².